The predicted octanol–water partition coefficient (Wildman–Crippen LogP) is 0.579. The number of benzene rings is 1. The molecule has 1 aromatic carbocycles. The van der Waals surface area contributed by atoms with E-state index in [2.05, 4.69) is 0 Å². The van der Waals surface area contributed by atoms with Crippen molar-refractivity contribution in [1.82, 2.24) is 0 Å². The first kappa shape index (κ1) is 8.47. The molecular weight excluding hydrogens is 173 g/mol. The Morgan fingerprint density at radius 1 is 1.54 bits per heavy atom. The summed E-state index contributed by atoms with van der Waals surface area (Å²) in [6.45, 7) is 0.0507. The average Bonchev–Trinajstić information content (AvgIpc) is 2.12. The second-order valence-electron chi connectivity index (χ2n) is 3.06. The molecule has 13 heavy (non-hydrogen) atoms. The van der Waals surface area contributed by atoms with Gasteiger partial charge in [-0.05, 0) is 6.07 Å². The highest BCUT2D eigenvalue weighted by Gasteiger charge is 2.27. The van der Waals surface area contributed by atoms with Crippen molar-refractivity contribution in [2.24, 2.45) is 5.73 Å². The van der Waals surface area contributed by atoms with Gasteiger partial charge in [0.1, 0.15) is 12.7 Å². The van der Waals surface area contributed by atoms with Gasteiger partial charge in [0.2, 0.25) is 0 Å². The van der Waals surface area contributed by atoms with E-state index < -0.39 is 18.0 Å². The Kier molecular flexibility index (Phi) is 1.94. The zero-order valence-corrected chi connectivity index (χ0v) is 6.90. The SMILES string of the molecule is N[C@@H]1c2cccc(F)c2OC[C@@H]1O. The van der Waals surface area contributed by atoms with Gasteiger partial charge in [-0.1, -0.05) is 12.1 Å². The molecule has 1 aromatic rings. The van der Waals surface area contributed by atoms with Crippen LogP contribution in [0.2, 0.25) is 0 Å². The van der Waals surface area contributed by atoms with Crippen molar-refractivity contribution in [3.05, 3.63) is 29.6 Å². The van der Waals surface area contributed by atoms with Crippen LogP contribution in [0.5, 0.6) is 5.75 Å². The molecule has 1 aliphatic rings. The lowest BCUT2D eigenvalue weighted by atomic mass is 9.99. The summed E-state index contributed by atoms with van der Waals surface area (Å²) >= 11 is 0. The first-order valence-corrected chi connectivity index (χ1v) is 4.05. The summed E-state index contributed by atoms with van der Waals surface area (Å²) in [7, 11) is 0. The highest BCUT2D eigenvalue weighted by molar-refractivity contribution is 5.39. The van der Waals surface area contributed by atoms with E-state index in [9.17, 15) is 9.50 Å². The highest BCUT2D eigenvalue weighted by Crippen LogP contribution is 2.32. The molecule has 0 amide bonds. The number of nitrogens with two attached hydrogens (primary N) is 1. The molecule has 0 saturated heterocycles. The van der Waals surface area contributed by atoms with E-state index in [0.29, 0.717) is 5.56 Å². The summed E-state index contributed by atoms with van der Waals surface area (Å²) in [5.41, 5.74) is 6.19. The van der Waals surface area contributed by atoms with Gasteiger partial charge in [-0.15, -0.1) is 0 Å². The largest absolute Gasteiger partial charge is 0.487 e. The van der Waals surface area contributed by atoms with E-state index in [1.165, 1.54) is 6.07 Å². The molecular formula is C9H10FNO2. The lowest BCUT2D eigenvalue weighted by molar-refractivity contribution is 0.0652. The second-order valence-corrected chi connectivity index (χ2v) is 3.06. The van der Waals surface area contributed by atoms with Gasteiger partial charge in [0.25, 0.3) is 0 Å². The van der Waals surface area contributed by atoms with Crippen LogP contribution in [-0.2, 0) is 0 Å². The zero-order valence-electron chi connectivity index (χ0n) is 6.90. The van der Waals surface area contributed by atoms with Gasteiger partial charge in [-0.2, -0.15) is 0 Å². The molecule has 0 unspecified atom stereocenters. The van der Waals surface area contributed by atoms with Crippen LogP contribution in [0.4, 0.5) is 4.39 Å². The number of rotatable bonds is 0. The Bertz CT molecular complexity index is 329. The maximum absolute atomic E-state index is 13.1. The molecule has 2 rings (SSSR count). The Morgan fingerprint density at radius 2 is 2.31 bits per heavy atom. The predicted molar refractivity (Wildman–Crippen MR) is 44.8 cm³/mol. The number of ether oxygens (including phenoxy) is 1. The van der Waals surface area contributed by atoms with Crippen LogP contribution >= 0.6 is 0 Å². The molecule has 4 heteroatoms. The summed E-state index contributed by atoms with van der Waals surface area (Å²) in [5, 5.41) is 9.34. The normalized spacial score (nSPS) is 26.4. The number of hydrogen-bond acceptors (Lipinski definition) is 3. The molecule has 0 fully saturated rings. The molecule has 1 aliphatic heterocycles. The quantitative estimate of drug-likeness (QED) is 0.618. The third-order valence-electron chi connectivity index (χ3n) is 2.17. The van der Waals surface area contributed by atoms with Gasteiger partial charge >= 0.3 is 0 Å². The number of para-hydroxylation sites is 1. The number of aliphatic hydroxyl groups excluding tert-OH is 1. The van der Waals surface area contributed by atoms with Crippen molar-refractivity contribution in [2.75, 3.05) is 6.61 Å². The van der Waals surface area contributed by atoms with Gasteiger partial charge in [-0.25, -0.2) is 4.39 Å². The average molecular weight is 183 g/mol. The minimum atomic E-state index is -0.755. The van der Waals surface area contributed by atoms with E-state index in [4.69, 9.17) is 10.5 Å². The first-order valence-electron chi connectivity index (χ1n) is 4.05. The van der Waals surface area contributed by atoms with Crippen molar-refractivity contribution in [3.8, 4) is 5.75 Å². The molecule has 3 N–H and O–H groups in total. The van der Waals surface area contributed by atoms with Crippen molar-refractivity contribution in [3.63, 3.8) is 0 Å². The Balaban J connectivity index is 2.49. The minimum absolute atomic E-state index is 0.0507. The number of fused-ring (bicyclic) bond motifs is 1. The van der Waals surface area contributed by atoms with Crippen LogP contribution in [0, 0.1) is 5.82 Å². The van der Waals surface area contributed by atoms with E-state index in [-0.39, 0.29) is 12.4 Å². The maximum atomic E-state index is 13.1. The molecule has 0 aliphatic carbocycles. The monoisotopic (exact) mass is 183 g/mol. The molecule has 70 valence electrons. The van der Waals surface area contributed by atoms with Crippen LogP contribution < -0.4 is 10.5 Å². The molecule has 2 atom stereocenters. The zero-order chi connectivity index (χ0) is 9.42. The molecule has 3 nitrogen and oxygen atoms in total. The van der Waals surface area contributed by atoms with Gasteiger partial charge in [0.05, 0.1) is 6.04 Å². The molecule has 0 spiro atoms. The highest BCUT2D eigenvalue weighted by atomic mass is 19.1. The number of hydrogen-bond donors (Lipinski definition) is 2. The minimum Gasteiger partial charge on any atom is -0.487 e. The Labute approximate surface area is 74.9 Å². The third kappa shape index (κ3) is 1.28. The second kappa shape index (κ2) is 2.97. The first-order chi connectivity index (χ1) is 6.20. The summed E-state index contributed by atoms with van der Waals surface area (Å²) in [5.74, 6) is -0.264. The van der Waals surface area contributed by atoms with Gasteiger partial charge in [0.15, 0.2) is 11.6 Å². The molecule has 0 bridgehead atoms. The Morgan fingerprint density at radius 3 is 3.08 bits per heavy atom. The lowest BCUT2D eigenvalue weighted by Gasteiger charge is -2.27. The fourth-order valence-corrected chi connectivity index (χ4v) is 1.42. The van der Waals surface area contributed by atoms with Crippen molar-refractivity contribution in [1.29, 1.82) is 0 Å². The topological polar surface area (TPSA) is 55.5 Å². The van der Waals surface area contributed by atoms with Crippen LogP contribution in [0.3, 0.4) is 0 Å². The Hall–Kier alpha value is -1.13. The van der Waals surface area contributed by atoms with Crippen LogP contribution in [0.25, 0.3) is 0 Å². The summed E-state index contributed by atoms with van der Waals surface area (Å²) in [4.78, 5) is 0. The summed E-state index contributed by atoms with van der Waals surface area (Å²) in [6, 6.07) is 3.96. The summed E-state index contributed by atoms with van der Waals surface area (Å²) in [6.07, 6.45) is -0.755. The fourth-order valence-electron chi connectivity index (χ4n) is 1.42. The van der Waals surface area contributed by atoms with Crippen molar-refractivity contribution >= 4 is 0 Å². The van der Waals surface area contributed by atoms with Crippen molar-refractivity contribution < 1.29 is 14.2 Å². The van der Waals surface area contributed by atoms with Crippen LogP contribution in [0.1, 0.15) is 11.6 Å². The standard InChI is InChI=1S/C9H10FNO2/c10-6-3-1-2-5-8(11)7(12)4-13-9(5)6/h1-3,7-8,12H,4,11H2/t7-,8+/m0/s1. The van der Waals surface area contributed by atoms with E-state index in [0.717, 1.165) is 0 Å². The molecule has 1 heterocycles. The number of aliphatic hydroxyl groups is 1. The van der Waals surface area contributed by atoms with E-state index >= 15 is 0 Å². The summed E-state index contributed by atoms with van der Waals surface area (Å²) < 4.78 is 18.1. The lowest BCUT2D eigenvalue weighted by Crippen LogP contribution is -2.36. The molecule has 0 saturated carbocycles. The smallest absolute Gasteiger partial charge is 0.165 e. The van der Waals surface area contributed by atoms with E-state index in [1.54, 1.807) is 12.1 Å². The van der Waals surface area contributed by atoms with Gasteiger partial charge < -0.3 is 15.6 Å². The maximum Gasteiger partial charge on any atom is 0.165 e. The van der Waals surface area contributed by atoms with Crippen LogP contribution in [-0.4, -0.2) is 17.8 Å². The fraction of sp³-hybridized carbons (Fsp3) is 0.333. The van der Waals surface area contributed by atoms with Crippen LogP contribution in [0.15, 0.2) is 18.2 Å². The molecule has 0 aromatic heterocycles. The van der Waals surface area contributed by atoms with Gasteiger partial charge in [-0.3, -0.25) is 0 Å². The van der Waals surface area contributed by atoms with Crippen molar-refractivity contribution in [2.45, 2.75) is 12.1 Å². The molecule has 0 radical (unpaired) electrons. The van der Waals surface area contributed by atoms with Gasteiger partial charge in [0, 0.05) is 5.56 Å². The van der Waals surface area contributed by atoms with E-state index in [1.807, 2.05) is 0 Å². The number of halogens is 1. The third-order valence-corrected chi connectivity index (χ3v) is 2.17.